The van der Waals surface area contributed by atoms with Gasteiger partial charge >= 0.3 is 5.97 Å². The highest BCUT2D eigenvalue weighted by Crippen LogP contribution is 1.97. The molecule has 7 heteroatoms. The molecule has 0 rings (SSSR count). The van der Waals surface area contributed by atoms with E-state index in [1.54, 1.807) is 0 Å². The summed E-state index contributed by atoms with van der Waals surface area (Å²) < 4.78 is 11.7. The van der Waals surface area contributed by atoms with Crippen molar-refractivity contribution < 1.29 is 23.9 Å². The van der Waals surface area contributed by atoms with Gasteiger partial charge < -0.3 is 16.2 Å². The summed E-state index contributed by atoms with van der Waals surface area (Å²) in [4.78, 5) is 31.3. The molecule has 14 heavy (non-hydrogen) atoms. The third-order valence-corrected chi connectivity index (χ3v) is 1.43. The van der Waals surface area contributed by atoms with Crippen molar-refractivity contribution in [3.8, 4) is 0 Å². The standard InChI is InChI=1S/C7H11FN2O4/c8-3-6(12)10-4(7(13)14)1-2-5(9)11/h4H,1-3H2,(H2,9,11)(H,10,12)(H,13,14). The Labute approximate surface area is 79.3 Å². The van der Waals surface area contributed by atoms with Gasteiger partial charge in [-0.25, -0.2) is 9.18 Å². The van der Waals surface area contributed by atoms with Crippen molar-refractivity contribution in [3.05, 3.63) is 0 Å². The van der Waals surface area contributed by atoms with Gasteiger partial charge in [0.15, 0.2) is 6.67 Å². The van der Waals surface area contributed by atoms with Crippen molar-refractivity contribution >= 4 is 17.8 Å². The second-order valence-electron chi connectivity index (χ2n) is 2.60. The maximum atomic E-state index is 11.7. The van der Waals surface area contributed by atoms with Crippen LogP contribution >= 0.6 is 0 Å². The monoisotopic (exact) mass is 206 g/mol. The van der Waals surface area contributed by atoms with Crippen LogP contribution in [0.3, 0.4) is 0 Å². The summed E-state index contributed by atoms with van der Waals surface area (Å²) in [6, 6.07) is -1.27. The van der Waals surface area contributed by atoms with E-state index < -0.39 is 30.5 Å². The van der Waals surface area contributed by atoms with Crippen molar-refractivity contribution in [1.82, 2.24) is 5.32 Å². The number of carbonyl (C=O) groups is 3. The number of carboxylic acid groups (broad SMARTS) is 1. The van der Waals surface area contributed by atoms with Gasteiger partial charge in [-0.1, -0.05) is 0 Å². The fourth-order valence-corrected chi connectivity index (χ4v) is 0.777. The first-order chi connectivity index (χ1) is 6.47. The predicted octanol–water partition coefficient (Wildman–Crippen LogP) is -1.21. The molecular weight excluding hydrogens is 195 g/mol. The van der Waals surface area contributed by atoms with Gasteiger partial charge in [0.25, 0.3) is 5.91 Å². The lowest BCUT2D eigenvalue weighted by Gasteiger charge is -2.11. The second-order valence-corrected chi connectivity index (χ2v) is 2.60. The number of carbonyl (C=O) groups excluding carboxylic acids is 2. The number of nitrogens with two attached hydrogens (primary N) is 1. The highest BCUT2D eigenvalue weighted by Gasteiger charge is 2.19. The molecule has 0 bridgehead atoms. The van der Waals surface area contributed by atoms with E-state index in [0.717, 1.165) is 0 Å². The minimum Gasteiger partial charge on any atom is -0.480 e. The summed E-state index contributed by atoms with van der Waals surface area (Å²) >= 11 is 0. The normalized spacial score (nSPS) is 11.8. The summed E-state index contributed by atoms with van der Waals surface area (Å²) in [6.07, 6.45) is -0.320. The number of carboxylic acids is 1. The van der Waals surface area contributed by atoms with Crippen LogP contribution in [-0.4, -0.2) is 35.6 Å². The molecule has 0 heterocycles. The van der Waals surface area contributed by atoms with Crippen LogP contribution < -0.4 is 11.1 Å². The zero-order chi connectivity index (χ0) is 11.1. The first kappa shape index (κ1) is 12.3. The lowest BCUT2D eigenvalue weighted by molar-refractivity contribution is -0.142. The Bertz CT molecular complexity index is 244. The van der Waals surface area contributed by atoms with Gasteiger partial charge in [0.1, 0.15) is 6.04 Å². The summed E-state index contributed by atoms with van der Waals surface area (Å²) in [7, 11) is 0. The molecule has 0 spiro atoms. The number of nitrogens with one attached hydrogen (secondary N) is 1. The van der Waals surface area contributed by atoms with E-state index in [4.69, 9.17) is 10.8 Å². The average Bonchev–Trinajstić information content (AvgIpc) is 2.10. The Morgan fingerprint density at radius 2 is 2.00 bits per heavy atom. The molecule has 0 fully saturated rings. The quantitative estimate of drug-likeness (QED) is 0.506. The van der Waals surface area contributed by atoms with Gasteiger partial charge in [-0.05, 0) is 6.42 Å². The van der Waals surface area contributed by atoms with E-state index in [1.807, 2.05) is 5.32 Å². The SMILES string of the molecule is NC(=O)CCC(NC(=O)CF)C(=O)O. The molecule has 0 radical (unpaired) electrons. The first-order valence-electron chi connectivity index (χ1n) is 3.83. The topological polar surface area (TPSA) is 109 Å². The van der Waals surface area contributed by atoms with Crippen LogP contribution in [0.5, 0.6) is 0 Å². The minimum atomic E-state index is -1.33. The molecule has 0 aliphatic carbocycles. The van der Waals surface area contributed by atoms with E-state index in [1.165, 1.54) is 0 Å². The molecule has 1 atom stereocenters. The lowest BCUT2D eigenvalue weighted by Crippen LogP contribution is -2.42. The summed E-state index contributed by atoms with van der Waals surface area (Å²) in [5.74, 6) is -3.03. The predicted molar refractivity (Wildman–Crippen MR) is 44.0 cm³/mol. The number of aliphatic carboxylic acids is 1. The molecule has 2 amide bonds. The number of primary amides is 1. The van der Waals surface area contributed by atoms with Crippen LogP contribution in [0.4, 0.5) is 4.39 Å². The Hall–Kier alpha value is -1.66. The lowest BCUT2D eigenvalue weighted by atomic mass is 10.1. The summed E-state index contributed by atoms with van der Waals surface area (Å²) in [5.41, 5.74) is 4.79. The third kappa shape index (κ3) is 5.07. The van der Waals surface area contributed by atoms with Crippen LogP contribution in [0, 0.1) is 0 Å². The smallest absolute Gasteiger partial charge is 0.326 e. The fraction of sp³-hybridized carbons (Fsp3) is 0.571. The molecule has 1 unspecified atom stereocenters. The van der Waals surface area contributed by atoms with Gasteiger partial charge in [-0.3, -0.25) is 9.59 Å². The molecule has 80 valence electrons. The molecule has 0 saturated heterocycles. The fourth-order valence-electron chi connectivity index (χ4n) is 0.777. The Kier molecular flexibility index (Phi) is 5.20. The number of hydrogen-bond donors (Lipinski definition) is 3. The van der Waals surface area contributed by atoms with E-state index >= 15 is 0 Å². The van der Waals surface area contributed by atoms with E-state index in [-0.39, 0.29) is 12.8 Å². The van der Waals surface area contributed by atoms with Crippen molar-refractivity contribution in [2.75, 3.05) is 6.67 Å². The van der Waals surface area contributed by atoms with Crippen LogP contribution in [0.2, 0.25) is 0 Å². The second kappa shape index (κ2) is 5.90. The molecule has 0 aromatic carbocycles. The van der Waals surface area contributed by atoms with E-state index in [9.17, 15) is 18.8 Å². The maximum absolute atomic E-state index is 11.7. The molecule has 0 aliphatic rings. The first-order valence-corrected chi connectivity index (χ1v) is 3.83. The van der Waals surface area contributed by atoms with Crippen LogP contribution in [0.25, 0.3) is 0 Å². The van der Waals surface area contributed by atoms with Crippen molar-refractivity contribution in [2.45, 2.75) is 18.9 Å². The number of halogens is 1. The largest absolute Gasteiger partial charge is 0.480 e. The summed E-state index contributed by atoms with van der Waals surface area (Å²) in [5, 5.41) is 10.4. The van der Waals surface area contributed by atoms with Crippen LogP contribution in [0.1, 0.15) is 12.8 Å². The number of alkyl halides is 1. The molecular formula is C7H11FN2O4. The molecule has 0 aromatic rings. The van der Waals surface area contributed by atoms with Gasteiger partial charge in [-0.15, -0.1) is 0 Å². The van der Waals surface area contributed by atoms with Crippen molar-refractivity contribution in [3.63, 3.8) is 0 Å². The Balaban J connectivity index is 4.09. The molecule has 0 aromatic heterocycles. The van der Waals surface area contributed by atoms with Gasteiger partial charge in [-0.2, -0.15) is 0 Å². The third-order valence-electron chi connectivity index (χ3n) is 1.43. The molecule has 0 aliphatic heterocycles. The van der Waals surface area contributed by atoms with E-state index in [2.05, 4.69) is 0 Å². The van der Waals surface area contributed by atoms with Crippen LogP contribution in [-0.2, 0) is 14.4 Å². The Morgan fingerprint density at radius 3 is 2.36 bits per heavy atom. The van der Waals surface area contributed by atoms with Crippen LogP contribution in [0.15, 0.2) is 0 Å². The number of rotatable bonds is 6. The van der Waals surface area contributed by atoms with Gasteiger partial charge in [0, 0.05) is 6.42 Å². The highest BCUT2D eigenvalue weighted by molar-refractivity contribution is 5.84. The van der Waals surface area contributed by atoms with Crippen molar-refractivity contribution in [1.29, 1.82) is 0 Å². The molecule has 4 N–H and O–H groups in total. The zero-order valence-electron chi connectivity index (χ0n) is 7.33. The Morgan fingerprint density at radius 1 is 1.43 bits per heavy atom. The van der Waals surface area contributed by atoms with E-state index in [0.29, 0.717) is 0 Å². The number of hydrogen-bond acceptors (Lipinski definition) is 3. The number of amides is 2. The maximum Gasteiger partial charge on any atom is 0.326 e. The molecule has 6 nitrogen and oxygen atoms in total. The molecule has 0 saturated carbocycles. The van der Waals surface area contributed by atoms with Crippen molar-refractivity contribution in [2.24, 2.45) is 5.73 Å². The summed E-state index contributed by atoms with van der Waals surface area (Å²) in [6.45, 7) is -1.29. The zero-order valence-corrected chi connectivity index (χ0v) is 7.33. The highest BCUT2D eigenvalue weighted by atomic mass is 19.1. The minimum absolute atomic E-state index is 0.142. The average molecular weight is 206 g/mol. The van der Waals surface area contributed by atoms with Gasteiger partial charge in [0.2, 0.25) is 5.91 Å². The van der Waals surface area contributed by atoms with Gasteiger partial charge in [0.05, 0.1) is 0 Å².